The van der Waals surface area contributed by atoms with E-state index in [9.17, 15) is 24.3 Å². The van der Waals surface area contributed by atoms with Gasteiger partial charge in [0.2, 0.25) is 0 Å². The molecule has 1 aromatic carbocycles. The number of hydrogen-bond acceptors (Lipinski definition) is 7. The fourth-order valence-electron chi connectivity index (χ4n) is 4.18. The van der Waals surface area contributed by atoms with Crippen LogP contribution < -0.4 is 15.0 Å². The number of likely N-dealkylation sites (tertiary alicyclic amines) is 1. The Morgan fingerprint density at radius 1 is 1.17 bits per heavy atom. The monoisotopic (exact) mass is 517 g/mol. The molecule has 1 aliphatic heterocycles. The van der Waals surface area contributed by atoms with Crippen LogP contribution in [0.5, 0.6) is 0 Å². The SMILES string of the molecule is COC(=O)[C@H](c1ccccc1)[C@H]1CCCCN1C(=O)OC[n+]1cccc(C(=O)N[C@@H](CCl)C(=O)[O-])c1. The number of amides is 2. The van der Waals surface area contributed by atoms with Crippen molar-refractivity contribution in [2.45, 2.75) is 44.0 Å². The Hall–Kier alpha value is -3.66. The number of piperidine rings is 1. The van der Waals surface area contributed by atoms with Crippen LogP contribution >= 0.6 is 11.6 Å². The van der Waals surface area contributed by atoms with Gasteiger partial charge in [0.25, 0.3) is 12.6 Å². The Morgan fingerprint density at radius 3 is 2.58 bits per heavy atom. The lowest BCUT2D eigenvalue weighted by Crippen LogP contribution is -2.50. The number of hydrogen-bond donors (Lipinski definition) is 1. The van der Waals surface area contributed by atoms with Crippen LogP contribution in [0.4, 0.5) is 4.79 Å². The number of methoxy groups -OCH3 is 1. The van der Waals surface area contributed by atoms with Gasteiger partial charge in [-0.05, 0) is 30.9 Å². The van der Waals surface area contributed by atoms with Gasteiger partial charge in [0.05, 0.1) is 25.2 Å². The number of nitrogens with zero attached hydrogens (tertiary/aromatic N) is 2. The molecule has 11 heteroatoms. The van der Waals surface area contributed by atoms with Crippen molar-refractivity contribution in [1.29, 1.82) is 0 Å². The van der Waals surface area contributed by atoms with Gasteiger partial charge in [-0.1, -0.05) is 30.3 Å². The Morgan fingerprint density at radius 2 is 1.92 bits per heavy atom. The summed E-state index contributed by atoms with van der Waals surface area (Å²) in [7, 11) is 1.33. The second kappa shape index (κ2) is 12.9. The summed E-state index contributed by atoms with van der Waals surface area (Å²) in [5, 5.41) is 13.3. The van der Waals surface area contributed by atoms with E-state index in [1.807, 2.05) is 30.3 Å². The third-order valence-electron chi connectivity index (χ3n) is 5.98. The number of esters is 1. The van der Waals surface area contributed by atoms with Crippen molar-refractivity contribution in [2.24, 2.45) is 0 Å². The third-order valence-corrected chi connectivity index (χ3v) is 6.29. The molecule has 0 bridgehead atoms. The van der Waals surface area contributed by atoms with Gasteiger partial charge in [0.1, 0.15) is 11.5 Å². The summed E-state index contributed by atoms with van der Waals surface area (Å²) in [6.45, 7) is 0.233. The molecular weight excluding hydrogens is 490 g/mol. The number of carbonyl (C=O) groups is 4. The number of alkyl halides is 1. The van der Waals surface area contributed by atoms with Crippen molar-refractivity contribution in [2.75, 3.05) is 19.5 Å². The summed E-state index contributed by atoms with van der Waals surface area (Å²) in [6, 6.07) is 10.5. The molecule has 0 spiro atoms. The predicted octanol–water partition coefficient (Wildman–Crippen LogP) is 0.967. The molecule has 1 fully saturated rings. The Balaban J connectivity index is 1.71. The van der Waals surface area contributed by atoms with Crippen LogP contribution in [0.15, 0.2) is 54.9 Å². The maximum absolute atomic E-state index is 13.1. The summed E-state index contributed by atoms with van der Waals surface area (Å²) >= 11 is 5.55. The Labute approximate surface area is 213 Å². The molecular formula is C25H28ClN3O7. The van der Waals surface area contributed by atoms with Gasteiger partial charge < -0.3 is 29.6 Å². The minimum absolute atomic E-state index is 0.149. The van der Waals surface area contributed by atoms with Crippen LogP contribution in [-0.4, -0.2) is 60.5 Å². The van der Waals surface area contributed by atoms with E-state index in [-0.39, 0.29) is 18.2 Å². The van der Waals surface area contributed by atoms with E-state index < -0.39 is 41.9 Å². The zero-order chi connectivity index (χ0) is 26.1. The number of carbonyl (C=O) groups excluding carboxylic acids is 4. The highest BCUT2D eigenvalue weighted by molar-refractivity contribution is 6.19. The largest absolute Gasteiger partial charge is 0.548 e. The van der Waals surface area contributed by atoms with Crippen molar-refractivity contribution in [3.05, 3.63) is 66.0 Å². The molecule has 0 aliphatic carbocycles. The van der Waals surface area contributed by atoms with Crippen molar-refractivity contribution >= 4 is 35.5 Å². The normalized spacial score (nSPS) is 16.9. The average Bonchev–Trinajstić information content (AvgIpc) is 2.91. The zero-order valence-corrected chi connectivity index (χ0v) is 20.6. The summed E-state index contributed by atoms with van der Waals surface area (Å²) < 4.78 is 12.0. The fourth-order valence-corrected chi connectivity index (χ4v) is 4.39. The van der Waals surface area contributed by atoms with Gasteiger partial charge in [0.15, 0.2) is 12.4 Å². The van der Waals surface area contributed by atoms with Crippen LogP contribution in [0.1, 0.15) is 41.1 Å². The molecule has 1 aliphatic rings. The fraction of sp³-hybridized carbons (Fsp3) is 0.400. The molecule has 2 amide bonds. The van der Waals surface area contributed by atoms with Gasteiger partial charge in [-0.15, -0.1) is 11.6 Å². The summed E-state index contributed by atoms with van der Waals surface area (Å²) in [4.78, 5) is 50.7. The van der Waals surface area contributed by atoms with Crippen LogP contribution in [0.3, 0.4) is 0 Å². The molecule has 0 radical (unpaired) electrons. The summed E-state index contributed by atoms with van der Waals surface area (Å²) in [5.74, 6) is -3.57. The third kappa shape index (κ3) is 6.72. The first-order valence-corrected chi connectivity index (χ1v) is 12.0. The molecule has 2 heterocycles. The maximum atomic E-state index is 13.1. The number of aliphatic carboxylic acids is 1. The highest BCUT2D eigenvalue weighted by Gasteiger charge is 2.39. The lowest BCUT2D eigenvalue weighted by Gasteiger charge is -2.38. The number of rotatable bonds is 9. The second-order valence-corrected chi connectivity index (χ2v) is 8.62. The highest BCUT2D eigenvalue weighted by Crippen LogP contribution is 2.32. The van der Waals surface area contributed by atoms with Gasteiger partial charge in [0, 0.05) is 18.5 Å². The number of ether oxygens (including phenoxy) is 2. The predicted molar refractivity (Wildman–Crippen MR) is 126 cm³/mol. The molecule has 1 saturated heterocycles. The lowest BCUT2D eigenvalue weighted by atomic mass is 9.85. The van der Waals surface area contributed by atoms with Crippen LogP contribution in [-0.2, 0) is 25.8 Å². The molecule has 0 saturated carbocycles. The van der Waals surface area contributed by atoms with E-state index >= 15 is 0 Å². The van der Waals surface area contributed by atoms with Gasteiger partial charge in [-0.25, -0.2) is 4.79 Å². The van der Waals surface area contributed by atoms with E-state index in [1.54, 1.807) is 17.2 Å². The van der Waals surface area contributed by atoms with E-state index in [2.05, 4.69) is 5.32 Å². The Bertz CT molecular complexity index is 1080. The molecule has 2 aromatic rings. The van der Waals surface area contributed by atoms with Crippen LogP contribution in [0.25, 0.3) is 0 Å². The first-order valence-electron chi connectivity index (χ1n) is 11.5. The number of pyridine rings is 1. The molecule has 0 unspecified atom stereocenters. The summed E-state index contributed by atoms with van der Waals surface area (Å²) in [6.07, 6.45) is 4.67. The molecule has 36 heavy (non-hydrogen) atoms. The van der Waals surface area contributed by atoms with Crippen molar-refractivity contribution in [3.63, 3.8) is 0 Å². The number of halogens is 1. The standard InChI is InChI=1S/C25H28ClN3O7/c1-35-24(33)21(17-8-3-2-4-9-17)20-11-5-6-13-29(20)25(34)36-16-28-12-7-10-18(15-28)22(30)27-19(14-26)23(31)32/h2-4,7-10,12,15,19-21H,5-6,11,13-14,16H2,1H3,(H-,27,30,31,32)/t19-,20+,21+/m0/s1. The van der Waals surface area contributed by atoms with Gasteiger partial charge in [-0.2, -0.15) is 4.57 Å². The smallest absolute Gasteiger partial charge is 0.414 e. The topological polar surface area (TPSA) is 129 Å². The molecule has 1 aromatic heterocycles. The van der Waals surface area contributed by atoms with E-state index in [4.69, 9.17) is 21.1 Å². The Kier molecular flexibility index (Phi) is 9.63. The average molecular weight is 518 g/mol. The van der Waals surface area contributed by atoms with Gasteiger partial charge in [-0.3, -0.25) is 9.59 Å². The first-order chi connectivity index (χ1) is 17.3. The number of carboxylic acid groups (broad SMARTS) is 1. The first kappa shape index (κ1) is 26.9. The molecule has 3 atom stereocenters. The van der Waals surface area contributed by atoms with E-state index in [0.29, 0.717) is 13.0 Å². The molecule has 10 nitrogen and oxygen atoms in total. The lowest BCUT2D eigenvalue weighted by molar-refractivity contribution is -0.727. The zero-order valence-electron chi connectivity index (χ0n) is 19.8. The van der Waals surface area contributed by atoms with Gasteiger partial charge >= 0.3 is 12.1 Å². The maximum Gasteiger partial charge on any atom is 0.414 e. The van der Waals surface area contributed by atoms with Crippen LogP contribution in [0.2, 0.25) is 0 Å². The molecule has 1 N–H and O–H groups in total. The van der Waals surface area contributed by atoms with Crippen LogP contribution in [0, 0.1) is 0 Å². The second-order valence-electron chi connectivity index (χ2n) is 8.31. The molecule has 192 valence electrons. The van der Waals surface area contributed by atoms with E-state index in [1.165, 1.54) is 23.9 Å². The summed E-state index contributed by atoms with van der Waals surface area (Å²) in [5.41, 5.74) is 0.907. The van der Waals surface area contributed by atoms with Crippen molar-refractivity contribution < 1.29 is 38.3 Å². The number of nitrogens with one attached hydrogen (secondary N) is 1. The number of benzene rings is 1. The quantitative estimate of drug-likeness (QED) is 0.298. The highest BCUT2D eigenvalue weighted by atomic mass is 35.5. The number of aromatic nitrogens is 1. The van der Waals surface area contributed by atoms with E-state index in [0.717, 1.165) is 18.4 Å². The van der Waals surface area contributed by atoms with Crippen molar-refractivity contribution in [3.8, 4) is 0 Å². The minimum atomic E-state index is -1.49. The number of carboxylic acids is 1. The van der Waals surface area contributed by atoms with Crippen molar-refractivity contribution in [1.82, 2.24) is 10.2 Å². The molecule has 3 rings (SSSR count). The minimum Gasteiger partial charge on any atom is -0.548 e.